The standard InChI is InChI=1S/C29H30F3N5O3/c1-36-15-34-35-27(36)28(9-19(10-28)39-2)17-4-3-5-18(8-17)37-12-21-20(26(37)38)6-16(7-24(21)29(30,31)32)11-33-25-22-13-40-14-23(22)25/h3-8,15,19,22-23,25,33H,9-14H2,1-2H3. The largest absolute Gasteiger partial charge is 0.416 e. The van der Waals surface area contributed by atoms with E-state index >= 15 is 0 Å². The van der Waals surface area contributed by atoms with Crippen LogP contribution in [-0.2, 0) is 41.2 Å². The lowest BCUT2D eigenvalue weighted by Crippen LogP contribution is -2.48. The van der Waals surface area contributed by atoms with Gasteiger partial charge in [0.05, 0.1) is 36.8 Å². The summed E-state index contributed by atoms with van der Waals surface area (Å²) in [7, 11) is 3.56. The molecule has 2 atom stereocenters. The fourth-order valence-corrected chi connectivity index (χ4v) is 6.93. The summed E-state index contributed by atoms with van der Waals surface area (Å²) < 4.78 is 55.5. The van der Waals surface area contributed by atoms with Crippen LogP contribution < -0.4 is 10.2 Å². The highest BCUT2D eigenvalue weighted by Crippen LogP contribution is 2.50. The van der Waals surface area contributed by atoms with Crippen molar-refractivity contribution in [1.82, 2.24) is 20.1 Å². The lowest BCUT2D eigenvalue weighted by molar-refractivity contribution is -0.138. The van der Waals surface area contributed by atoms with Crippen LogP contribution in [0.3, 0.4) is 0 Å². The van der Waals surface area contributed by atoms with Crippen molar-refractivity contribution >= 4 is 11.6 Å². The van der Waals surface area contributed by atoms with Crippen LogP contribution >= 0.6 is 0 Å². The summed E-state index contributed by atoms with van der Waals surface area (Å²) in [6.07, 6.45) is -1.48. The first-order chi connectivity index (χ1) is 19.2. The van der Waals surface area contributed by atoms with E-state index in [0.717, 1.165) is 11.4 Å². The average Bonchev–Trinajstić information content (AvgIpc) is 3.29. The van der Waals surface area contributed by atoms with Crippen LogP contribution in [0.25, 0.3) is 0 Å². The highest BCUT2D eigenvalue weighted by atomic mass is 19.4. The van der Waals surface area contributed by atoms with Crippen LogP contribution in [0.4, 0.5) is 18.9 Å². The molecule has 2 unspecified atom stereocenters. The number of alkyl halides is 3. The third kappa shape index (κ3) is 3.97. The molecular weight excluding hydrogens is 523 g/mol. The number of benzene rings is 2. The Morgan fingerprint density at radius 2 is 1.95 bits per heavy atom. The van der Waals surface area contributed by atoms with E-state index < -0.39 is 23.1 Å². The van der Waals surface area contributed by atoms with E-state index in [1.165, 1.54) is 11.0 Å². The first-order valence-corrected chi connectivity index (χ1v) is 13.5. The summed E-state index contributed by atoms with van der Waals surface area (Å²) in [6, 6.07) is 10.6. The molecule has 1 N–H and O–H groups in total. The maximum atomic E-state index is 14.2. The van der Waals surface area contributed by atoms with Gasteiger partial charge in [0, 0.05) is 49.8 Å². The summed E-state index contributed by atoms with van der Waals surface area (Å²) >= 11 is 0. The fraction of sp³-hybridized carbons (Fsp3) is 0.483. The van der Waals surface area contributed by atoms with E-state index in [9.17, 15) is 18.0 Å². The molecule has 2 aromatic carbocycles. The number of ether oxygens (including phenoxy) is 2. The Balaban J connectivity index is 1.19. The Morgan fingerprint density at radius 1 is 1.18 bits per heavy atom. The lowest BCUT2D eigenvalue weighted by Gasteiger charge is -2.46. The molecule has 2 aliphatic heterocycles. The van der Waals surface area contributed by atoms with Crippen molar-refractivity contribution in [2.75, 3.05) is 25.2 Å². The number of aryl methyl sites for hydroxylation is 1. The van der Waals surface area contributed by atoms with Crippen LogP contribution in [0.15, 0.2) is 42.7 Å². The molecule has 11 heteroatoms. The van der Waals surface area contributed by atoms with Crippen LogP contribution in [0.2, 0.25) is 0 Å². The number of halogens is 3. The van der Waals surface area contributed by atoms with Gasteiger partial charge in [-0.2, -0.15) is 13.2 Å². The van der Waals surface area contributed by atoms with Crippen LogP contribution in [0, 0.1) is 11.8 Å². The molecule has 2 aliphatic carbocycles. The Bertz CT molecular complexity index is 1470. The normalized spacial score (nSPS) is 28.9. The second-order valence-electron chi connectivity index (χ2n) is 11.5. The summed E-state index contributed by atoms with van der Waals surface area (Å²) in [5.41, 5.74) is 0.877. The number of nitrogens with zero attached hydrogens (tertiary/aromatic N) is 4. The Kier molecular flexibility index (Phi) is 5.85. The fourth-order valence-electron chi connectivity index (χ4n) is 6.93. The predicted octanol–water partition coefficient (Wildman–Crippen LogP) is 3.82. The average molecular weight is 554 g/mol. The van der Waals surface area contributed by atoms with Gasteiger partial charge in [0.25, 0.3) is 5.91 Å². The third-order valence-corrected chi connectivity index (χ3v) is 9.24. The molecule has 3 aromatic rings. The quantitative estimate of drug-likeness (QED) is 0.479. The van der Waals surface area contributed by atoms with Crippen molar-refractivity contribution in [3.8, 4) is 0 Å². The Morgan fingerprint density at radius 3 is 2.62 bits per heavy atom. The predicted molar refractivity (Wildman–Crippen MR) is 139 cm³/mol. The Labute approximate surface area is 229 Å². The van der Waals surface area contributed by atoms with Crippen molar-refractivity contribution in [3.05, 3.63) is 76.4 Å². The zero-order valence-electron chi connectivity index (χ0n) is 22.2. The van der Waals surface area contributed by atoms with Gasteiger partial charge in [0.15, 0.2) is 0 Å². The number of methoxy groups -OCH3 is 1. The van der Waals surface area contributed by atoms with Gasteiger partial charge in [0.2, 0.25) is 0 Å². The van der Waals surface area contributed by atoms with Crippen molar-refractivity contribution in [1.29, 1.82) is 0 Å². The molecule has 0 spiro atoms. The molecule has 3 heterocycles. The van der Waals surface area contributed by atoms with Crippen molar-refractivity contribution in [2.24, 2.45) is 18.9 Å². The van der Waals surface area contributed by atoms with Gasteiger partial charge in [-0.1, -0.05) is 12.1 Å². The molecule has 210 valence electrons. The monoisotopic (exact) mass is 553 g/mol. The summed E-state index contributed by atoms with van der Waals surface area (Å²) in [4.78, 5) is 15.1. The summed E-state index contributed by atoms with van der Waals surface area (Å²) in [5.74, 6) is 1.23. The Hall–Kier alpha value is -3.28. The number of hydrogen-bond acceptors (Lipinski definition) is 6. The number of fused-ring (bicyclic) bond motifs is 2. The van der Waals surface area contributed by atoms with E-state index in [1.54, 1.807) is 25.6 Å². The molecule has 4 aliphatic rings. The number of amides is 1. The second-order valence-corrected chi connectivity index (χ2v) is 11.5. The molecular formula is C29H30F3N5O3. The number of anilines is 1. The van der Waals surface area contributed by atoms with Gasteiger partial charge in [-0.05, 0) is 53.8 Å². The smallest absolute Gasteiger partial charge is 0.381 e. The molecule has 2 saturated carbocycles. The maximum absolute atomic E-state index is 14.2. The van der Waals surface area contributed by atoms with Crippen molar-refractivity contribution < 1.29 is 27.4 Å². The zero-order valence-corrected chi connectivity index (χ0v) is 22.2. The van der Waals surface area contributed by atoms with Crippen LogP contribution in [0.1, 0.15) is 51.3 Å². The summed E-state index contributed by atoms with van der Waals surface area (Å²) in [5, 5.41) is 11.8. The molecule has 40 heavy (non-hydrogen) atoms. The minimum Gasteiger partial charge on any atom is -0.381 e. The van der Waals surface area contributed by atoms with Gasteiger partial charge >= 0.3 is 6.18 Å². The molecule has 3 fully saturated rings. The number of carbonyl (C=O) groups excluding carboxylic acids is 1. The number of nitrogens with one attached hydrogen (secondary N) is 1. The number of rotatable bonds is 7. The van der Waals surface area contributed by atoms with E-state index in [2.05, 4.69) is 15.5 Å². The second kappa shape index (κ2) is 9.12. The molecule has 8 nitrogen and oxygen atoms in total. The number of aromatic nitrogens is 3. The minimum absolute atomic E-state index is 0.0226. The zero-order chi connectivity index (χ0) is 27.8. The summed E-state index contributed by atoms with van der Waals surface area (Å²) in [6.45, 7) is 1.52. The molecule has 1 aromatic heterocycles. The van der Waals surface area contributed by atoms with Crippen molar-refractivity contribution in [2.45, 2.75) is 49.7 Å². The van der Waals surface area contributed by atoms with E-state index in [1.807, 2.05) is 29.8 Å². The van der Waals surface area contributed by atoms with E-state index in [4.69, 9.17) is 9.47 Å². The highest BCUT2D eigenvalue weighted by molar-refractivity contribution is 6.10. The molecule has 1 saturated heterocycles. The van der Waals surface area contributed by atoms with Gasteiger partial charge < -0.3 is 24.3 Å². The van der Waals surface area contributed by atoms with E-state index in [-0.39, 0.29) is 36.4 Å². The maximum Gasteiger partial charge on any atom is 0.416 e. The third-order valence-electron chi connectivity index (χ3n) is 9.24. The van der Waals surface area contributed by atoms with Crippen LogP contribution in [0.5, 0.6) is 0 Å². The van der Waals surface area contributed by atoms with Gasteiger partial charge in [-0.3, -0.25) is 4.79 Å². The number of carbonyl (C=O) groups is 1. The SMILES string of the molecule is COC1CC(c2cccc(N3Cc4c(cc(CNC5C6COCC65)cc4C(F)(F)F)C3=O)c2)(c2nncn2C)C1. The first kappa shape index (κ1) is 25.7. The van der Waals surface area contributed by atoms with Gasteiger partial charge in [-0.15, -0.1) is 10.2 Å². The van der Waals surface area contributed by atoms with Gasteiger partial charge in [0.1, 0.15) is 12.2 Å². The minimum atomic E-state index is -4.57. The lowest BCUT2D eigenvalue weighted by atomic mass is 9.62. The van der Waals surface area contributed by atoms with Crippen molar-refractivity contribution in [3.63, 3.8) is 0 Å². The molecule has 7 rings (SSSR count). The van der Waals surface area contributed by atoms with E-state index in [0.29, 0.717) is 49.1 Å². The molecule has 0 bridgehead atoms. The first-order valence-electron chi connectivity index (χ1n) is 13.5. The highest BCUT2D eigenvalue weighted by Gasteiger charge is 2.54. The number of hydrogen-bond donors (Lipinski definition) is 1. The molecule has 0 radical (unpaired) electrons. The van der Waals surface area contributed by atoms with Gasteiger partial charge in [-0.25, -0.2) is 0 Å². The van der Waals surface area contributed by atoms with Crippen LogP contribution in [-0.4, -0.2) is 53.1 Å². The molecule has 1 amide bonds. The topological polar surface area (TPSA) is 81.5 Å².